The third kappa shape index (κ3) is 4.19. The van der Waals surface area contributed by atoms with Crippen LogP contribution >= 0.6 is 0 Å². The monoisotopic (exact) mass is 327 g/mol. The van der Waals surface area contributed by atoms with Crippen LogP contribution in [0.2, 0.25) is 0 Å². The maximum absolute atomic E-state index is 12.1. The molecule has 0 bridgehead atoms. The molecule has 1 aliphatic rings. The highest BCUT2D eigenvalue weighted by Gasteiger charge is 2.16. The first-order valence-corrected chi connectivity index (χ1v) is 8.79. The van der Waals surface area contributed by atoms with E-state index in [0.717, 1.165) is 18.4 Å². The van der Waals surface area contributed by atoms with Crippen LogP contribution in [0.3, 0.4) is 0 Å². The number of tetrazole rings is 1. The summed E-state index contributed by atoms with van der Waals surface area (Å²) in [5, 5.41) is 15.5. The molecule has 128 valence electrons. The summed E-state index contributed by atoms with van der Waals surface area (Å²) in [6.07, 6.45) is 5.82. The van der Waals surface area contributed by atoms with Gasteiger partial charge in [0.05, 0.1) is 0 Å². The lowest BCUT2D eigenvalue weighted by Crippen LogP contribution is -2.38. The fourth-order valence-electron chi connectivity index (χ4n) is 3.09. The molecule has 1 aliphatic carbocycles. The van der Waals surface area contributed by atoms with Gasteiger partial charge in [-0.1, -0.05) is 57.4 Å². The summed E-state index contributed by atoms with van der Waals surface area (Å²) in [4.78, 5) is 13.5. The van der Waals surface area contributed by atoms with Crippen LogP contribution in [0.5, 0.6) is 0 Å². The Hall–Kier alpha value is -2.24. The van der Waals surface area contributed by atoms with Gasteiger partial charge in [-0.05, 0) is 29.5 Å². The topological polar surface area (TPSA) is 72.7 Å². The fraction of sp³-hybridized carbons (Fsp3) is 0.556. The van der Waals surface area contributed by atoms with Crippen LogP contribution in [0.4, 0.5) is 0 Å². The standard InChI is InChI=1S/C18H25N5O/c1-13(2)14-8-10-15(11-9-14)18-20-22-23(21-18)12-17(24)19-16-6-4-3-5-7-16/h8-11,13,16H,3-7,12H2,1-2H3,(H,19,24). The molecule has 6 heteroatoms. The number of rotatable bonds is 5. The van der Waals surface area contributed by atoms with Crippen molar-refractivity contribution in [1.29, 1.82) is 0 Å². The van der Waals surface area contributed by atoms with Gasteiger partial charge in [-0.25, -0.2) is 0 Å². The van der Waals surface area contributed by atoms with Gasteiger partial charge in [0.15, 0.2) is 0 Å². The summed E-state index contributed by atoms with van der Waals surface area (Å²) in [7, 11) is 0. The molecule has 2 aromatic rings. The molecule has 0 unspecified atom stereocenters. The molecule has 3 rings (SSSR count). The fourth-order valence-corrected chi connectivity index (χ4v) is 3.09. The molecule has 0 radical (unpaired) electrons. The molecule has 0 saturated heterocycles. The van der Waals surface area contributed by atoms with Gasteiger partial charge < -0.3 is 5.32 Å². The van der Waals surface area contributed by atoms with Crippen LogP contribution in [0, 0.1) is 0 Å². The van der Waals surface area contributed by atoms with Crippen molar-refractivity contribution in [2.75, 3.05) is 0 Å². The summed E-state index contributed by atoms with van der Waals surface area (Å²) in [5.74, 6) is 1.00. The first-order chi connectivity index (χ1) is 11.6. The smallest absolute Gasteiger partial charge is 0.243 e. The van der Waals surface area contributed by atoms with Crippen molar-refractivity contribution in [3.05, 3.63) is 29.8 Å². The number of hydrogen-bond donors (Lipinski definition) is 1. The van der Waals surface area contributed by atoms with Crippen molar-refractivity contribution in [3.8, 4) is 11.4 Å². The number of nitrogens with one attached hydrogen (secondary N) is 1. The summed E-state index contributed by atoms with van der Waals surface area (Å²) in [6, 6.07) is 8.46. The number of nitrogens with zero attached hydrogens (tertiary/aromatic N) is 4. The lowest BCUT2D eigenvalue weighted by Gasteiger charge is -2.22. The largest absolute Gasteiger partial charge is 0.352 e. The normalized spacial score (nSPS) is 15.6. The van der Waals surface area contributed by atoms with Gasteiger partial charge in [0.2, 0.25) is 11.7 Å². The van der Waals surface area contributed by atoms with Crippen LogP contribution in [-0.4, -0.2) is 32.2 Å². The van der Waals surface area contributed by atoms with E-state index < -0.39 is 0 Å². The van der Waals surface area contributed by atoms with Crippen LogP contribution in [-0.2, 0) is 11.3 Å². The summed E-state index contributed by atoms with van der Waals surface area (Å²) >= 11 is 0. The van der Waals surface area contributed by atoms with Crippen LogP contribution in [0.1, 0.15) is 57.4 Å². The van der Waals surface area contributed by atoms with Gasteiger partial charge in [-0.3, -0.25) is 4.79 Å². The van der Waals surface area contributed by atoms with Crippen molar-refractivity contribution >= 4 is 5.91 Å². The van der Waals surface area contributed by atoms with Crippen molar-refractivity contribution in [1.82, 2.24) is 25.5 Å². The van der Waals surface area contributed by atoms with E-state index in [2.05, 4.69) is 46.7 Å². The molecule has 1 N–H and O–H groups in total. The Labute approximate surface area is 142 Å². The molecule has 1 heterocycles. The lowest BCUT2D eigenvalue weighted by molar-refractivity contribution is -0.123. The van der Waals surface area contributed by atoms with Crippen molar-refractivity contribution < 1.29 is 4.79 Å². The van der Waals surface area contributed by atoms with Crippen molar-refractivity contribution in [2.45, 2.75) is 64.5 Å². The zero-order chi connectivity index (χ0) is 16.9. The van der Waals surface area contributed by atoms with Gasteiger partial charge in [-0.15, -0.1) is 10.2 Å². The molecule has 1 fully saturated rings. The average Bonchev–Trinajstić information content (AvgIpc) is 3.04. The highest BCUT2D eigenvalue weighted by molar-refractivity contribution is 5.75. The van der Waals surface area contributed by atoms with E-state index in [1.807, 2.05) is 12.1 Å². The van der Waals surface area contributed by atoms with E-state index in [0.29, 0.717) is 17.8 Å². The highest BCUT2D eigenvalue weighted by atomic mass is 16.2. The van der Waals surface area contributed by atoms with Gasteiger partial charge in [0.25, 0.3) is 0 Å². The predicted molar refractivity (Wildman–Crippen MR) is 92.4 cm³/mol. The predicted octanol–water partition coefficient (Wildman–Crippen LogP) is 2.91. The van der Waals surface area contributed by atoms with Crippen LogP contribution in [0.15, 0.2) is 24.3 Å². The highest BCUT2D eigenvalue weighted by Crippen LogP contribution is 2.19. The Morgan fingerprint density at radius 3 is 2.58 bits per heavy atom. The zero-order valence-corrected chi connectivity index (χ0v) is 14.4. The van der Waals surface area contributed by atoms with Gasteiger partial charge in [-0.2, -0.15) is 4.80 Å². The molecule has 0 spiro atoms. The molecule has 6 nitrogen and oxygen atoms in total. The van der Waals surface area contributed by atoms with Crippen molar-refractivity contribution in [2.24, 2.45) is 0 Å². The minimum absolute atomic E-state index is 0.0407. The summed E-state index contributed by atoms with van der Waals surface area (Å²) in [6.45, 7) is 4.44. The maximum Gasteiger partial charge on any atom is 0.243 e. The SMILES string of the molecule is CC(C)c1ccc(-c2nnn(CC(=O)NC3CCCCC3)n2)cc1. The lowest BCUT2D eigenvalue weighted by atomic mass is 9.95. The Morgan fingerprint density at radius 2 is 1.92 bits per heavy atom. The minimum atomic E-state index is -0.0407. The molecular formula is C18H25N5O. The second kappa shape index (κ2) is 7.55. The van der Waals surface area contributed by atoms with Crippen LogP contribution < -0.4 is 5.32 Å². The first-order valence-electron chi connectivity index (χ1n) is 8.79. The Balaban J connectivity index is 1.59. The minimum Gasteiger partial charge on any atom is -0.352 e. The van der Waals surface area contributed by atoms with Gasteiger partial charge >= 0.3 is 0 Å². The molecule has 1 saturated carbocycles. The number of amides is 1. The summed E-state index contributed by atoms with van der Waals surface area (Å²) < 4.78 is 0. The first kappa shape index (κ1) is 16.6. The zero-order valence-electron chi connectivity index (χ0n) is 14.4. The van der Waals surface area contributed by atoms with Gasteiger partial charge in [0.1, 0.15) is 6.54 Å². The quantitative estimate of drug-likeness (QED) is 0.916. The van der Waals surface area contributed by atoms with E-state index in [1.165, 1.54) is 29.6 Å². The average molecular weight is 327 g/mol. The molecule has 1 amide bonds. The second-order valence-corrected chi connectivity index (χ2v) is 6.82. The Bertz CT molecular complexity index is 671. The molecule has 1 aromatic heterocycles. The molecular weight excluding hydrogens is 302 g/mol. The van der Waals surface area contributed by atoms with Gasteiger partial charge in [0, 0.05) is 11.6 Å². The number of hydrogen-bond acceptors (Lipinski definition) is 4. The van der Waals surface area contributed by atoms with E-state index in [-0.39, 0.29) is 12.5 Å². The third-order valence-corrected chi connectivity index (χ3v) is 4.54. The number of benzene rings is 1. The number of aromatic nitrogens is 4. The van der Waals surface area contributed by atoms with E-state index >= 15 is 0 Å². The second-order valence-electron chi connectivity index (χ2n) is 6.82. The molecule has 24 heavy (non-hydrogen) atoms. The van der Waals surface area contributed by atoms with E-state index in [9.17, 15) is 4.79 Å². The molecule has 0 atom stereocenters. The molecule has 0 aliphatic heterocycles. The van der Waals surface area contributed by atoms with E-state index in [4.69, 9.17) is 0 Å². The number of carbonyl (C=O) groups excluding carboxylic acids is 1. The Morgan fingerprint density at radius 1 is 1.21 bits per heavy atom. The summed E-state index contributed by atoms with van der Waals surface area (Å²) in [5.41, 5.74) is 2.19. The number of carbonyl (C=O) groups is 1. The molecule has 1 aromatic carbocycles. The Kier molecular flexibility index (Phi) is 5.23. The van der Waals surface area contributed by atoms with Crippen LogP contribution in [0.25, 0.3) is 11.4 Å². The third-order valence-electron chi connectivity index (χ3n) is 4.54. The van der Waals surface area contributed by atoms with E-state index in [1.54, 1.807) is 0 Å². The maximum atomic E-state index is 12.1. The van der Waals surface area contributed by atoms with Crippen molar-refractivity contribution in [3.63, 3.8) is 0 Å².